The van der Waals surface area contributed by atoms with Crippen LogP contribution in [0.5, 0.6) is 17.2 Å². The largest absolute Gasteiger partial charge is 0.504 e. The maximum atomic E-state index is 9.89. The molecule has 0 saturated carbocycles. The fourth-order valence-electron chi connectivity index (χ4n) is 1.71. The number of hydrogen-bond acceptors (Lipinski definition) is 3. The maximum Gasteiger partial charge on any atom is 0.203 e. The molecule has 0 aliphatic carbocycles. The molecule has 0 fully saturated rings. The summed E-state index contributed by atoms with van der Waals surface area (Å²) < 4.78 is 10.6. The van der Waals surface area contributed by atoms with Crippen LogP contribution in [0.4, 0.5) is 0 Å². The number of methoxy groups -OCH3 is 2. The number of benzene rings is 1. The molecule has 1 aromatic rings. The molecule has 1 aromatic carbocycles. The van der Waals surface area contributed by atoms with Gasteiger partial charge < -0.3 is 14.6 Å². The van der Waals surface area contributed by atoms with E-state index in [1.165, 1.54) is 7.11 Å². The molecule has 0 amide bonds. The number of ether oxygens (including phenoxy) is 2. The Hall–Kier alpha value is -1.38. The third-order valence-electron chi connectivity index (χ3n) is 2.62. The average molecular weight is 224 g/mol. The molecular weight excluding hydrogens is 204 g/mol. The van der Waals surface area contributed by atoms with E-state index in [4.69, 9.17) is 9.47 Å². The van der Waals surface area contributed by atoms with Crippen LogP contribution in [0.25, 0.3) is 0 Å². The Labute approximate surface area is 97.0 Å². The third-order valence-corrected chi connectivity index (χ3v) is 2.62. The van der Waals surface area contributed by atoms with Gasteiger partial charge in [-0.3, -0.25) is 0 Å². The van der Waals surface area contributed by atoms with E-state index < -0.39 is 0 Å². The van der Waals surface area contributed by atoms with Crippen LogP contribution in [-0.2, 0) is 5.41 Å². The Balaban J connectivity index is 3.57. The van der Waals surface area contributed by atoms with Gasteiger partial charge in [-0.1, -0.05) is 20.8 Å². The lowest BCUT2D eigenvalue weighted by Crippen LogP contribution is -2.14. The summed E-state index contributed by atoms with van der Waals surface area (Å²) in [6.45, 7) is 8.15. The normalized spacial score (nSPS) is 11.4. The van der Waals surface area contributed by atoms with Gasteiger partial charge in [0.25, 0.3) is 0 Å². The molecule has 0 aromatic heterocycles. The summed E-state index contributed by atoms with van der Waals surface area (Å²) in [4.78, 5) is 0. The van der Waals surface area contributed by atoms with Gasteiger partial charge in [0.1, 0.15) is 0 Å². The van der Waals surface area contributed by atoms with E-state index in [1.807, 2.05) is 13.0 Å². The third kappa shape index (κ3) is 2.08. The molecule has 0 bridgehead atoms. The van der Waals surface area contributed by atoms with Crippen LogP contribution < -0.4 is 9.47 Å². The first-order chi connectivity index (χ1) is 7.32. The summed E-state index contributed by atoms with van der Waals surface area (Å²) in [5.74, 6) is 1.16. The number of hydrogen-bond donors (Lipinski definition) is 1. The molecule has 0 saturated heterocycles. The Morgan fingerprint density at radius 2 is 1.56 bits per heavy atom. The molecule has 0 unspecified atom stereocenters. The lowest BCUT2D eigenvalue weighted by Gasteiger charge is -2.24. The van der Waals surface area contributed by atoms with Gasteiger partial charge in [-0.25, -0.2) is 0 Å². The Bertz CT molecular complexity index is 389. The molecule has 0 aliphatic rings. The van der Waals surface area contributed by atoms with E-state index in [0.29, 0.717) is 11.5 Å². The first kappa shape index (κ1) is 12.7. The average Bonchev–Trinajstić information content (AvgIpc) is 2.19. The van der Waals surface area contributed by atoms with Gasteiger partial charge >= 0.3 is 0 Å². The molecule has 0 aliphatic heterocycles. The first-order valence-electron chi connectivity index (χ1n) is 5.28. The highest BCUT2D eigenvalue weighted by atomic mass is 16.5. The van der Waals surface area contributed by atoms with Crippen molar-refractivity contribution < 1.29 is 14.6 Å². The van der Waals surface area contributed by atoms with Crippen molar-refractivity contribution in [3.63, 3.8) is 0 Å². The van der Waals surface area contributed by atoms with Crippen molar-refractivity contribution in [3.8, 4) is 17.2 Å². The predicted molar refractivity (Wildman–Crippen MR) is 64.6 cm³/mol. The topological polar surface area (TPSA) is 38.7 Å². The summed E-state index contributed by atoms with van der Waals surface area (Å²) in [5, 5.41) is 9.89. The van der Waals surface area contributed by atoms with Crippen LogP contribution in [-0.4, -0.2) is 19.3 Å². The van der Waals surface area contributed by atoms with E-state index in [9.17, 15) is 5.11 Å². The van der Waals surface area contributed by atoms with Crippen LogP contribution in [0.3, 0.4) is 0 Å². The minimum Gasteiger partial charge on any atom is -0.504 e. The Kier molecular flexibility index (Phi) is 3.36. The second-order valence-corrected chi connectivity index (χ2v) is 4.91. The second kappa shape index (κ2) is 4.24. The predicted octanol–water partition coefficient (Wildman–Crippen LogP) is 3.02. The van der Waals surface area contributed by atoms with Crippen molar-refractivity contribution in [2.24, 2.45) is 0 Å². The SMILES string of the molecule is COc1c(C(C)(C)C)cc(C)c(O)c1OC. The van der Waals surface area contributed by atoms with Crippen LogP contribution in [0.2, 0.25) is 0 Å². The molecular formula is C13H20O3. The van der Waals surface area contributed by atoms with Crippen molar-refractivity contribution in [3.05, 3.63) is 17.2 Å². The van der Waals surface area contributed by atoms with Crippen molar-refractivity contribution in [1.29, 1.82) is 0 Å². The van der Waals surface area contributed by atoms with Crippen LogP contribution in [0.15, 0.2) is 6.07 Å². The van der Waals surface area contributed by atoms with E-state index in [1.54, 1.807) is 7.11 Å². The summed E-state index contributed by atoms with van der Waals surface area (Å²) in [5.41, 5.74) is 1.77. The van der Waals surface area contributed by atoms with Gasteiger partial charge in [0.2, 0.25) is 5.75 Å². The van der Waals surface area contributed by atoms with Gasteiger partial charge in [0.05, 0.1) is 14.2 Å². The number of aromatic hydroxyl groups is 1. The number of rotatable bonds is 2. The van der Waals surface area contributed by atoms with E-state index in [-0.39, 0.29) is 11.2 Å². The zero-order chi connectivity index (χ0) is 12.5. The van der Waals surface area contributed by atoms with E-state index in [2.05, 4.69) is 20.8 Å². The highest BCUT2D eigenvalue weighted by molar-refractivity contribution is 5.60. The fraction of sp³-hybridized carbons (Fsp3) is 0.538. The molecule has 1 N–H and O–H groups in total. The lowest BCUT2D eigenvalue weighted by atomic mass is 9.85. The van der Waals surface area contributed by atoms with Gasteiger partial charge in [0.15, 0.2) is 11.5 Å². The van der Waals surface area contributed by atoms with Crippen LogP contribution in [0.1, 0.15) is 31.9 Å². The summed E-state index contributed by atoms with van der Waals surface area (Å²) in [6, 6.07) is 1.94. The lowest BCUT2D eigenvalue weighted by molar-refractivity contribution is 0.324. The van der Waals surface area contributed by atoms with E-state index >= 15 is 0 Å². The van der Waals surface area contributed by atoms with Crippen molar-refractivity contribution >= 4 is 0 Å². The molecule has 0 atom stereocenters. The van der Waals surface area contributed by atoms with Crippen molar-refractivity contribution in [1.82, 2.24) is 0 Å². The highest BCUT2D eigenvalue weighted by Crippen LogP contribution is 2.45. The smallest absolute Gasteiger partial charge is 0.203 e. The molecule has 0 heterocycles. The van der Waals surface area contributed by atoms with Gasteiger partial charge in [-0.2, -0.15) is 0 Å². The number of aryl methyl sites for hydroxylation is 1. The van der Waals surface area contributed by atoms with E-state index in [0.717, 1.165) is 11.1 Å². The second-order valence-electron chi connectivity index (χ2n) is 4.91. The molecule has 16 heavy (non-hydrogen) atoms. The Morgan fingerprint density at radius 3 is 1.94 bits per heavy atom. The van der Waals surface area contributed by atoms with Crippen LogP contribution >= 0.6 is 0 Å². The van der Waals surface area contributed by atoms with Gasteiger partial charge in [-0.15, -0.1) is 0 Å². The Morgan fingerprint density at radius 1 is 1.06 bits per heavy atom. The van der Waals surface area contributed by atoms with Crippen molar-refractivity contribution in [2.45, 2.75) is 33.1 Å². The maximum absolute atomic E-state index is 9.89. The van der Waals surface area contributed by atoms with Gasteiger partial charge in [0, 0.05) is 5.56 Å². The first-order valence-corrected chi connectivity index (χ1v) is 5.28. The zero-order valence-electron chi connectivity index (χ0n) is 10.8. The monoisotopic (exact) mass is 224 g/mol. The molecule has 3 heteroatoms. The van der Waals surface area contributed by atoms with Crippen molar-refractivity contribution in [2.75, 3.05) is 14.2 Å². The molecule has 1 rings (SSSR count). The zero-order valence-corrected chi connectivity index (χ0v) is 10.8. The molecule has 90 valence electrons. The molecule has 0 radical (unpaired) electrons. The fourth-order valence-corrected chi connectivity index (χ4v) is 1.71. The number of phenolic OH excluding ortho intramolecular Hbond substituents is 1. The number of phenols is 1. The molecule has 3 nitrogen and oxygen atoms in total. The minimum atomic E-state index is -0.0584. The minimum absolute atomic E-state index is 0.0584. The van der Waals surface area contributed by atoms with Gasteiger partial charge in [-0.05, 0) is 24.0 Å². The summed E-state index contributed by atoms with van der Waals surface area (Å²) in [7, 11) is 3.12. The van der Waals surface area contributed by atoms with Crippen LogP contribution in [0, 0.1) is 6.92 Å². The molecule has 0 spiro atoms. The highest BCUT2D eigenvalue weighted by Gasteiger charge is 2.25. The quantitative estimate of drug-likeness (QED) is 0.839. The summed E-state index contributed by atoms with van der Waals surface area (Å²) >= 11 is 0. The standard InChI is InChI=1S/C13H20O3/c1-8-7-9(13(2,3)4)11(15-5)12(16-6)10(8)14/h7,14H,1-6H3. The summed E-state index contributed by atoms with van der Waals surface area (Å²) in [6.07, 6.45) is 0.